The van der Waals surface area contributed by atoms with E-state index >= 15 is 0 Å². The second-order valence-electron chi connectivity index (χ2n) is 6.63. The van der Waals surface area contributed by atoms with Gasteiger partial charge in [-0.25, -0.2) is 8.42 Å². The van der Waals surface area contributed by atoms with Gasteiger partial charge in [0.25, 0.3) is 21.6 Å². The smallest absolute Gasteiger partial charge is 0.272 e. The molecule has 1 aliphatic heterocycles. The molecule has 8 nitrogen and oxygen atoms in total. The molecule has 2 aromatic rings. The molecular weight excluding hydrogens is 402 g/mol. The van der Waals surface area contributed by atoms with E-state index in [1.54, 1.807) is 19.1 Å². The lowest BCUT2D eigenvalue weighted by atomic mass is 10.1. The van der Waals surface area contributed by atoms with Crippen molar-refractivity contribution in [2.45, 2.75) is 36.9 Å². The average Bonchev–Trinajstić information content (AvgIpc) is 3.16. The van der Waals surface area contributed by atoms with Gasteiger partial charge in [0.2, 0.25) is 0 Å². The summed E-state index contributed by atoms with van der Waals surface area (Å²) in [7, 11) is -3.48. The van der Waals surface area contributed by atoms with Crippen molar-refractivity contribution in [1.29, 1.82) is 0 Å². The molecule has 1 saturated heterocycles. The van der Waals surface area contributed by atoms with Gasteiger partial charge in [-0.05, 0) is 44.0 Å². The van der Waals surface area contributed by atoms with E-state index in [1.165, 1.54) is 22.5 Å². The molecule has 150 valence electrons. The van der Waals surface area contributed by atoms with Gasteiger partial charge < -0.3 is 5.32 Å². The second-order valence-corrected chi connectivity index (χ2v) is 9.96. The van der Waals surface area contributed by atoms with E-state index in [-0.39, 0.29) is 22.3 Å². The maximum absolute atomic E-state index is 12.7. The number of nitrogens with one attached hydrogen (secondary N) is 1. The first-order valence-corrected chi connectivity index (χ1v) is 11.2. The number of rotatable bonds is 6. The highest BCUT2D eigenvalue weighted by molar-refractivity contribution is 7.91. The number of sulfonamides is 1. The minimum absolute atomic E-state index is 0.0395. The van der Waals surface area contributed by atoms with E-state index in [0.717, 1.165) is 35.5 Å². The topological polar surface area (TPSA) is 110 Å². The Kier molecular flexibility index (Phi) is 6.11. The summed E-state index contributed by atoms with van der Waals surface area (Å²) >= 11 is 1.15. The van der Waals surface area contributed by atoms with Crippen molar-refractivity contribution in [3.05, 3.63) is 56.5 Å². The lowest BCUT2D eigenvalue weighted by molar-refractivity contribution is -0.385. The van der Waals surface area contributed by atoms with Crippen LogP contribution in [0.1, 0.15) is 40.1 Å². The van der Waals surface area contributed by atoms with Gasteiger partial charge in [0, 0.05) is 35.2 Å². The molecule has 1 amide bonds. The molecule has 0 radical (unpaired) electrons. The SMILES string of the molecule is Cc1cc(C(=O)NCc2ccc(S(=O)(=O)N3CCCCC3)s2)ccc1[N+](=O)[O-]. The first kappa shape index (κ1) is 20.4. The van der Waals surface area contributed by atoms with Crippen molar-refractivity contribution in [3.63, 3.8) is 0 Å². The third-order valence-corrected chi connectivity index (χ3v) is 8.08. The standard InChI is InChI=1S/C18H21N3O5S2/c1-13-11-14(5-7-16(13)21(23)24)18(22)19-12-15-6-8-17(27-15)28(25,26)20-9-3-2-4-10-20/h5-8,11H,2-4,9-10,12H2,1H3,(H,19,22). The van der Waals surface area contributed by atoms with Crippen molar-refractivity contribution in [2.24, 2.45) is 0 Å². The maximum Gasteiger partial charge on any atom is 0.272 e. The molecule has 2 heterocycles. The van der Waals surface area contributed by atoms with Crippen LogP contribution in [0.15, 0.2) is 34.5 Å². The predicted octanol–water partition coefficient (Wildman–Crippen LogP) is 3.07. The molecule has 0 aliphatic carbocycles. The molecule has 1 fully saturated rings. The number of hydrogen-bond acceptors (Lipinski definition) is 6. The van der Waals surface area contributed by atoms with Crippen LogP contribution in [-0.4, -0.2) is 36.6 Å². The molecule has 0 spiro atoms. The summed E-state index contributed by atoms with van der Waals surface area (Å²) in [5, 5.41) is 13.6. The van der Waals surface area contributed by atoms with Crippen molar-refractivity contribution in [3.8, 4) is 0 Å². The minimum Gasteiger partial charge on any atom is -0.347 e. The van der Waals surface area contributed by atoms with Crippen LogP contribution >= 0.6 is 11.3 Å². The molecule has 3 rings (SSSR count). The van der Waals surface area contributed by atoms with E-state index in [9.17, 15) is 23.3 Å². The Morgan fingerprint density at radius 2 is 1.93 bits per heavy atom. The van der Waals surface area contributed by atoms with Crippen LogP contribution in [0.2, 0.25) is 0 Å². The molecule has 1 N–H and O–H groups in total. The van der Waals surface area contributed by atoms with Gasteiger partial charge >= 0.3 is 0 Å². The number of amides is 1. The van der Waals surface area contributed by atoms with Gasteiger partial charge in [0.1, 0.15) is 4.21 Å². The Bertz CT molecular complexity index is 994. The zero-order chi connectivity index (χ0) is 20.3. The number of nitrogens with zero attached hydrogens (tertiary/aromatic N) is 2. The lowest BCUT2D eigenvalue weighted by Crippen LogP contribution is -2.35. The quantitative estimate of drug-likeness (QED) is 0.567. The van der Waals surface area contributed by atoms with Crippen molar-refractivity contribution in [1.82, 2.24) is 9.62 Å². The molecule has 0 saturated carbocycles. The minimum atomic E-state index is -3.48. The molecule has 28 heavy (non-hydrogen) atoms. The predicted molar refractivity (Wildman–Crippen MR) is 106 cm³/mol. The van der Waals surface area contributed by atoms with E-state index in [4.69, 9.17) is 0 Å². The van der Waals surface area contributed by atoms with Gasteiger partial charge in [-0.3, -0.25) is 14.9 Å². The number of hydrogen-bond donors (Lipinski definition) is 1. The fourth-order valence-electron chi connectivity index (χ4n) is 3.10. The van der Waals surface area contributed by atoms with Crippen molar-refractivity contribution < 1.29 is 18.1 Å². The molecule has 0 atom stereocenters. The number of benzene rings is 1. The first-order valence-electron chi connectivity index (χ1n) is 8.91. The fourth-order valence-corrected chi connectivity index (χ4v) is 6.06. The fraction of sp³-hybridized carbons (Fsp3) is 0.389. The van der Waals surface area contributed by atoms with Crippen LogP contribution in [0.25, 0.3) is 0 Å². The molecular formula is C18H21N3O5S2. The summed E-state index contributed by atoms with van der Waals surface area (Å²) in [5.41, 5.74) is 0.687. The molecule has 10 heteroatoms. The highest BCUT2D eigenvalue weighted by atomic mass is 32.2. The zero-order valence-corrected chi connectivity index (χ0v) is 17.0. The van der Waals surface area contributed by atoms with Gasteiger partial charge in [-0.1, -0.05) is 6.42 Å². The molecule has 1 aromatic heterocycles. The molecule has 1 aliphatic rings. The first-order chi connectivity index (χ1) is 13.3. The van der Waals surface area contributed by atoms with Crippen LogP contribution in [0, 0.1) is 17.0 Å². The average molecular weight is 424 g/mol. The Labute approximate surface area is 167 Å². The monoisotopic (exact) mass is 423 g/mol. The summed E-state index contributed by atoms with van der Waals surface area (Å²) in [5.74, 6) is -0.369. The number of nitro benzene ring substituents is 1. The largest absolute Gasteiger partial charge is 0.347 e. The third kappa shape index (κ3) is 4.40. The van der Waals surface area contributed by atoms with E-state index in [2.05, 4.69) is 5.32 Å². The Morgan fingerprint density at radius 3 is 2.57 bits per heavy atom. The summed E-state index contributed by atoms with van der Waals surface area (Å²) in [6.45, 7) is 2.86. The molecule has 1 aromatic carbocycles. The number of aryl methyl sites for hydroxylation is 1. The number of piperidine rings is 1. The Hall–Kier alpha value is -2.30. The van der Waals surface area contributed by atoms with Crippen molar-refractivity contribution in [2.75, 3.05) is 13.1 Å². The Balaban J connectivity index is 1.65. The summed E-state index contributed by atoms with van der Waals surface area (Å²) in [6.07, 6.45) is 2.81. The van der Waals surface area contributed by atoms with Gasteiger partial charge in [-0.2, -0.15) is 4.31 Å². The molecule has 0 bridgehead atoms. The van der Waals surface area contributed by atoms with Crippen LogP contribution in [0.5, 0.6) is 0 Å². The lowest BCUT2D eigenvalue weighted by Gasteiger charge is -2.25. The summed E-state index contributed by atoms with van der Waals surface area (Å²) in [4.78, 5) is 23.4. The van der Waals surface area contributed by atoms with Gasteiger partial charge in [0.05, 0.1) is 11.5 Å². The van der Waals surface area contributed by atoms with Crippen molar-refractivity contribution >= 4 is 33.0 Å². The highest BCUT2D eigenvalue weighted by Crippen LogP contribution is 2.27. The van der Waals surface area contributed by atoms with E-state index in [1.807, 2.05) is 0 Å². The maximum atomic E-state index is 12.7. The Morgan fingerprint density at radius 1 is 1.21 bits per heavy atom. The van der Waals surface area contributed by atoms with Gasteiger partial charge in [-0.15, -0.1) is 11.3 Å². The highest BCUT2D eigenvalue weighted by Gasteiger charge is 2.27. The van der Waals surface area contributed by atoms with Crippen LogP contribution in [0.4, 0.5) is 5.69 Å². The zero-order valence-electron chi connectivity index (χ0n) is 15.4. The van der Waals surface area contributed by atoms with E-state index < -0.39 is 14.9 Å². The number of thiophene rings is 1. The second kappa shape index (κ2) is 8.38. The molecule has 0 unspecified atom stereocenters. The summed E-state index contributed by atoms with van der Waals surface area (Å²) < 4.78 is 27.2. The van der Waals surface area contributed by atoms with Gasteiger partial charge in [0.15, 0.2) is 0 Å². The van der Waals surface area contributed by atoms with Crippen LogP contribution in [0.3, 0.4) is 0 Å². The third-order valence-electron chi connectivity index (χ3n) is 4.63. The van der Waals surface area contributed by atoms with E-state index in [0.29, 0.717) is 24.2 Å². The normalized spacial score (nSPS) is 15.3. The number of nitro groups is 1. The number of carbonyl (C=O) groups excluding carboxylic acids is 1. The van der Waals surface area contributed by atoms with Crippen LogP contribution < -0.4 is 5.32 Å². The van der Waals surface area contributed by atoms with Crippen LogP contribution in [-0.2, 0) is 16.6 Å². The number of carbonyl (C=O) groups is 1. The summed E-state index contributed by atoms with van der Waals surface area (Å²) in [6, 6.07) is 7.45.